The van der Waals surface area contributed by atoms with E-state index >= 15 is 4.39 Å². The van der Waals surface area contributed by atoms with Crippen molar-refractivity contribution in [1.29, 1.82) is 0 Å². The van der Waals surface area contributed by atoms with Crippen LogP contribution in [0.2, 0.25) is 5.02 Å². The van der Waals surface area contributed by atoms with Crippen LogP contribution in [0.4, 0.5) is 9.52 Å². The fourth-order valence-corrected chi connectivity index (χ4v) is 7.01. The van der Waals surface area contributed by atoms with Crippen molar-refractivity contribution in [3.05, 3.63) is 105 Å². The standard InChI is InChI=1S/C29H21ClFN3O4S2/c1-15-12-18-13-16(10-11-22(18)38-15)25(35)23-24(19-7-3-5-9-21(19)31)34(27(37)26(23)36)28-32-33-29(40-28)39-14-17-6-2-4-8-20(17)30/h2-11,13,15,24,35H,12,14H2,1H3/b25-23+/t15-,24+/m1/s1. The maximum atomic E-state index is 15.2. The molecule has 3 heterocycles. The van der Waals surface area contributed by atoms with Gasteiger partial charge in [0.15, 0.2) is 4.34 Å². The van der Waals surface area contributed by atoms with Crippen molar-refractivity contribution < 1.29 is 23.8 Å². The van der Waals surface area contributed by atoms with Gasteiger partial charge >= 0.3 is 5.91 Å². The number of aliphatic hydroxyl groups excluding tert-OH is 1. The summed E-state index contributed by atoms with van der Waals surface area (Å²) in [4.78, 5) is 27.9. The van der Waals surface area contributed by atoms with Crippen molar-refractivity contribution in [2.75, 3.05) is 4.90 Å². The van der Waals surface area contributed by atoms with Gasteiger partial charge in [0.2, 0.25) is 5.13 Å². The number of hydrogen-bond donors (Lipinski definition) is 1. The predicted octanol–water partition coefficient (Wildman–Crippen LogP) is 6.57. The largest absolute Gasteiger partial charge is 0.507 e. The summed E-state index contributed by atoms with van der Waals surface area (Å²) in [6.45, 7) is 1.94. The molecule has 2 aliphatic rings. The number of nitrogens with zero attached hydrogens (tertiary/aromatic N) is 3. The summed E-state index contributed by atoms with van der Waals surface area (Å²) in [5.74, 6) is -1.66. The summed E-state index contributed by atoms with van der Waals surface area (Å²) in [6.07, 6.45) is 0.625. The van der Waals surface area contributed by atoms with Gasteiger partial charge in [-0.15, -0.1) is 10.2 Å². The molecule has 0 aliphatic carbocycles. The molecular formula is C29H21ClFN3O4S2. The number of anilines is 1. The highest BCUT2D eigenvalue weighted by Gasteiger charge is 2.49. The lowest BCUT2D eigenvalue weighted by Crippen LogP contribution is -2.29. The van der Waals surface area contributed by atoms with Crippen LogP contribution >= 0.6 is 34.7 Å². The molecule has 7 nitrogen and oxygen atoms in total. The first-order valence-electron chi connectivity index (χ1n) is 12.4. The summed E-state index contributed by atoms with van der Waals surface area (Å²) in [5.41, 5.74) is 1.96. The molecule has 0 spiro atoms. The van der Waals surface area contributed by atoms with Crippen LogP contribution in [-0.2, 0) is 21.8 Å². The Hall–Kier alpha value is -3.73. The Bertz CT molecular complexity index is 1690. The average molecular weight is 594 g/mol. The third-order valence-corrected chi connectivity index (χ3v) is 9.20. The number of ketones is 1. The number of fused-ring (bicyclic) bond motifs is 1. The summed E-state index contributed by atoms with van der Waals surface area (Å²) >= 11 is 8.74. The molecule has 11 heteroatoms. The number of ether oxygens (including phenoxy) is 1. The van der Waals surface area contributed by atoms with E-state index in [-0.39, 0.29) is 22.4 Å². The van der Waals surface area contributed by atoms with E-state index in [0.717, 1.165) is 27.4 Å². The van der Waals surface area contributed by atoms with E-state index in [0.29, 0.717) is 32.8 Å². The van der Waals surface area contributed by atoms with Gasteiger partial charge in [-0.05, 0) is 48.4 Å². The van der Waals surface area contributed by atoms with Crippen molar-refractivity contribution in [2.45, 2.75) is 35.6 Å². The first kappa shape index (κ1) is 26.5. The molecule has 1 amide bonds. The van der Waals surface area contributed by atoms with Gasteiger partial charge in [0, 0.05) is 28.3 Å². The number of aliphatic hydroxyl groups is 1. The van der Waals surface area contributed by atoms with Crippen LogP contribution in [0.15, 0.2) is 76.6 Å². The molecule has 1 N–H and O–H groups in total. The van der Waals surface area contributed by atoms with E-state index in [1.54, 1.807) is 30.3 Å². The molecule has 6 rings (SSSR count). The van der Waals surface area contributed by atoms with Gasteiger partial charge in [0.25, 0.3) is 5.78 Å². The minimum atomic E-state index is -1.24. The lowest BCUT2D eigenvalue weighted by atomic mass is 9.94. The monoisotopic (exact) mass is 593 g/mol. The molecule has 0 bridgehead atoms. The zero-order valence-corrected chi connectivity index (χ0v) is 23.4. The minimum Gasteiger partial charge on any atom is -0.507 e. The number of Topliss-reactive ketones (excluding diaryl/α,β-unsaturated/α-hetero) is 1. The third-order valence-electron chi connectivity index (χ3n) is 6.72. The number of aromatic nitrogens is 2. The Labute approximate surface area is 242 Å². The zero-order valence-electron chi connectivity index (χ0n) is 21.0. The number of carbonyl (C=O) groups is 2. The van der Waals surface area contributed by atoms with E-state index in [1.165, 1.54) is 30.0 Å². The number of benzene rings is 3. The van der Waals surface area contributed by atoms with E-state index in [4.69, 9.17) is 16.3 Å². The second kappa shape index (κ2) is 10.7. The van der Waals surface area contributed by atoms with Crippen molar-refractivity contribution in [3.63, 3.8) is 0 Å². The highest BCUT2D eigenvalue weighted by molar-refractivity contribution is 8.00. The Balaban J connectivity index is 1.40. The van der Waals surface area contributed by atoms with Crippen LogP contribution in [0, 0.1) is 5.82 Å². The van der Waals surface area contributed by atoms with Gasteiger partial charge in [-0.2, -0.15) is 0 Å². The Kier molecular flexibility index (Phi) is 7.07. The Morgan fingerprint density at radius 1 is 1.15 bits per heavy atom. The first-order chi connectivity index (χ1) is 19.3. The predicted molar refractivity (Wildman–Crippen MR) is 152 cm³/mol. The van der Waals surface area contributed by atoms with Crippen molar-refractivity contribution in [3.8, 4) is 5.75 Å². The van der Waals surface area contributed by atoms with Gasteiger partial charge in [0.05, 0.1) is 5.57 Å². The Morgan fingerprint density at radius 2 is 1.93 bits per heavy atom. The fourth-order valence-electron chi connectivity index (χ4n) is 4.86. The van der Waals surface area contributed by atoms with Gasteiger partial charge in [0.1, 0.15) is 29.5 Å². The lowest BCUT2D eigenvalue weighted by Gasteiger charge is -2.22. The van der Waals surface area contributed by atoms with Gasteiger partial charge in [-0.1, -0.05) is 71.1 Å². The number of hydrogen-bond acceptors (Lipinski definition) is 8. The number of halogens is 2. The Morgan fingerprint density at radius 3 is 2.73 bits per heavy atom. The van der Waals surface area contributed by atoms with E-state index in [9.17, 15) is 14.7 Å². The van der Waals surface area contributed by atoms with Crippen LogP contribution in [0.3, 0.4) is 0 Å². The van der Waals surface area contributed by atoms with Crippen LogP contribution in [-0.4, -0.2) is 33.1 Å². The van der Waals surface area contributed by atoms with Crippen molar-refractivity contribution >= 4 is 57.3 Å². The van der Waals surface area contributed by atoms with Crippen LogP contribution in [0.1, 0.15) is 35.2 Å². The summed E-state index contributed by atoms with van der Waals surface area (Å²) in [7, 11) is 0. The van der Waals surface area contributed by atoms with Crippen LogP contribution < -0.4 is 9.64 Å². The first-order valence-corrected chi connectivity index (χ1v) is 14.5. The second-order valence-electron chi connectivity index (χ2n) is 9.38. The molecule has 0 unspecified atom stereocenters. The summed E-state index contributed by atoms with van der Waals surface area (Å²) in [6, 6.07) is 17.1. The smallest absolute Gasteiger partial charge is 0.301 e. The van der Waals surface area contributed by atoms with Gasteiger partial charge < -0.3 is 9.84 Å². The minimum absolute atomic E-state index is 0.0150. The molecule has 1 fully saturated rings. The molecule has 2 atom stereocenters. The van der Waals surface area contributed by atoms with E-state index < -0.39 is 29.3 Å². The normalized spacial score (nSPS) is 19.6. The maximum Gasteiger partial charge on any atom is 0.301 e. The van der Waals surface area contributed by atoms with E-state index in [2.05, 4.69) is 10.2 Å². The molecule has 40 heavy (non-hydrogen) atoms. The molecule has 1 aromatic heterocycles. The maximum absolute atomic E-state index is 15.2. The highest BCUT2D eigenvalue weighted by Crippen LogP contribution is 2.45. The average Bonchev–Trinajstić information content (AvgIpc) is 3.63. The summed E-state index contributed by atoms with van der Waals surface area (Å²) in [5, 5.41) is 20.5. The molecular weight excluding hydrogens is 573 g/mol. The number of amides is 1. The molecule has 4 aromatic rings. The van der Waals surface area contributed by atoms with Gasteiger partial charge in [-0.25, -0.2) is 4.39 Å². The van der Waals surface area contributed by atoms with Gasteiger partial charge in [-0.3, -0.25) is 14.5 Å². The molecule has 1 saturated heterocycles. The van der Waals surface area contributed by atoms with E-state index in [1.807, 2.05) is 25.1 Å². The van der Waals surface area contributed by atoms with Crippen LogP contribution in [0.25, 0.3) is 5.76 Å². The molecule has 2 aliphatic heterocycles. The quantitative estimate of drug-likeness (QED) is 0.0888. The molecule has 3 aromatic carbocycles. The van der Waals surface area contributed by atoms with Crippen LogP contribution in [0.5, 0.6) is 5.75 Å². The fraction of sp³-hybridized carbons (Fsp3) is 0.172. The molecule has 0 saturated carbocycles. The molecule has 202 valence electrons. The SMILES string of the molecule is C[C@@H]1Cc2cc(/C(O)=C3\C(=O)C(=O)N(c4nnc(SCc5ccccc5Cl)s4)[C@H]3c3ccccc3F)ccc2O1. The summed E-state index contributed by atoms with van der Waals surface area (Å²) < 4.78 is 21.5. The number of carbonyl (C=O) groups excluding carboxylic acids is 2. The number of rotatable bonds is 6. The number of thioether (sulfide) groups is 1. The lowest BCUT2D eigenvalue weighted by molar-refractivity contribution is -0.132. The molecule has 0 radical (unpaired) electrons. The second-order valence-corrected chi connectivity index (χ2v) is 12.0. The zero-order chi connectivity index (χ0) is 28.0. The van der Waals surface area contributed by atoms with Crippen molar-refractivity contribution in [1.82, 2.24) is 10.2 Å². The topological polar surface area (TPSA) is 92.6 Å². The highest BCUT2D eigenvalue weighted by atomic mass is 35.5. The van der Waals surface area contributed by atoms with Crippen molar-refractivity contribution in [2.24, 2.45) is 0 Å². The third kappa shape index (κ3) is 4.76.